The van der Waals surface area contributed by atoms with Crippen LogP contribution < -0.4 is 9.80 Å². The molecule has 10 heteroatoms. The van der Waals surface area contributed by atoms with Gasteiger partial charge in [0.25, 0.3) is 5.91 Å². The molecular weight excluding hydrogens is 567 g/mol. The molecule has 1 saturated heterocycles. The minimum atomic E-state index is -0.304. The Morgan fingerprint density at radius 2 is 1.62 bits per heavy atom. The van der Waals surface area contributed by atoms with E-state index < -0.39 is 0 Å². The molecule has 0 atom stereocenters. The van der Waals surface area contributed by atoms with E-state index in [9.17, 15) is 14.4 Å². The van der Waals surface area contributed by atoms with E-state index in [0.717, 1.165) is 5.69 Å². The Kier molecular flexibility index (Phi) is 8.59. The molecule has 0 N–H and O–H groups in total. The Morgan fingerprint density at radius 1 is 0.925 bits per heavy atom. The monoisotopic (exact) mass is 592 g/mol. The number of hydrogen-bond acceptors (Lipinski definition) is 6. The van der Waals surface area contributed by atoms with Gasteiger partial charge in [-0.2, -0.15) is 0 Å². The molecule has 3 aromatic rings. The van der Waals surface area contributed by atoms with Crippen molar-refractivity contribution >= 4 is 75.2 Å². The molecule has 0 saturated carbocycles. The molecule has 40 heavy (non-hydrogen) atoms. The van der Waals surface area contributed by atoms with Crippen LogP contribution in [0.1, 0.15) is 22.8 Å². The van der Waals surface area contributed by atoms with E-state index in [1.807, 2.05) is 59.5 Å². The van der Waals surface area contributed by atoms with Gasteiger partial charge in [-0.25, -0.2) is 4.99 Å². The Bertz CT molecular complexity index is 1500. The molecule has 3 aromatic carbocycles. The summed E-state index contributed by atoms with van der Waals surface area (Å²) in [5, 5.41) is 1.38. The first-order chi connectivity index (χ1) is 19.3. The molecule has 0 aliphatic carbocycles. The molecule has 7 nitrogen and oxygen atoms in total. The number of thioether (sulfide) groups is 1. The van der Waals surface area contributed by atoms with E-state index in [1.165, 1.54) is 16.7 Å². The van der Waals surface area contributed by atoms with Crippen LogP contribution in [0.3, 0.4) is 0 Å². The number of rotatable bonds is 6. The van der Waals surface area contributed by atoms with Crippen molar-refractivity contribution in [1.29, 1.82) is 0 Å². The summed E-state index contributed by atoms with van der Waals surface area (Å²) in [6.45, 7) is 4.10. The quantitative estimate of drug-likeness (QED) is 0.258. The largest absolute Gasteiger partial charge is 0.368 e. The Labute approximate surface area is 247 Å². The van der Waals surface area contributed by atoms with E-state index in [2.05, 4.69) is 9.89 Å². The third kappa shape index (κ3) is 6.25. The van der Waals surface area contributed by atoms with Gasteiger partial charge in [0.15, 0.2) is 11.0 Å². The molecule has 2 aliphatic rings. The fourth-order valence-corrected chi connectivity index (χ4v) is 5.78. The Morgan fingerprint density at radius 3 is 2.30 bits per heavy atom. The number of halogens is 2. The van der Waals surface area contributed by atoms with Crippen molar-refractivity contribution in [2.75, 3.05) is 41.7 Å². The second-order valence-electron chi connectivity index (χ2n) is 9.33. The van der Waals surface area contributed by atoms with Crippen molar-refractivity contribution in [3.63, 3.8) is 0 Å². The Balaban J connectivity index is 1.27. The third-order valence-corrected chi connectivity index (χ3v) is 8.19. The zero-order valence-corrected chi connectivity index (χ0v) is 24.0. The van der Waals surface area contributed by atoms with Gasteiger partial charge in [0.1, 0.15) is 5.70 Å². The molecule has 0 bridgehead atoms. The van der Waals surface area contributed by atoms with Crippen LogP contribution in [0, 0.1) is 0 Å². The van der Waals surface area contributed by atoms with Crippen LogP contribution in [-0.4, -0.2) is 59.6 Å². The zero-order valence-electron chi connectivity index (χ0n) is 21.7. The highest BCUT2D eigenvalue weighted by atomic mass is 35.5. The molecule has 5 rings (SSSR count). The van der Waals surface area contributed by atoms with Crippen LogP contribution >= 0.6 is 35.0 Å². The van der Waals surface area contributed by atoms with Gasteiger partial charge in [0, 0.05) is 47.5 Å². The molecule has 2 amide bonds. The van der Waals surface area contributed by atoms with Gasteiger partial charge >= 0.3 is 0 Å². The van der Waals surface area contributed by atoms with E-state index >= 15 is 0 Å². The number of Topliss-reactive ketones (excluding diaryl/α,β-unsaturated/α-hetero) is 1. The standard InChI is InChI=1S/C30H26Cl2N4O3S/c1-20(37)21-7-10-24(11-8-21)34-13-15-35(16-14-34)28(38)19-40-30-33-27(18-22-17-23(31)9-12-26(22)32)29(39)36(30)25-5-3-2-4-6-25/h2-12,17-18H,13-16,19H2,1H3/b27-18-. The fourth-order valence-electron chi connectivity index (χ4n) is 4.51. The summed E-state index contributed by atoms with van der Waals surface area (Å²) in [7, 11) is 0. The van der Waals surface area contributed by atoms with Crippen molar-refractivity contribution < 1.29 is 14.4 Å². The van der Waals surface area contributed by atoms with Crippen molar-refractivity contribution in [3.8, 4) is 0 Å². The minimum Gasteiger partial charge on any atom is -0.368 e. The first-order valence-electron chi connectivity index (χ1n) is 12.7. The number of hydrogen-bond donors (Lipinski definition) is 0. The topological polar surface area (TPSA) is 73.3 Å². The summed E-state index contributed by atoms with van der Waals surface area (Å²) < 4.78 is 0. The smallest absolute Gasteiger partial charge is 0.283 e. The van der Waals surface area contributed by atoms with Gasteiger partial charge in [-0.15, -0.1) is 0 Å². The summed E-state index contributed by atoms with van der Waals surface area (Å²) in [5.41, 5.74) is 3.18. The number of benzene rings is 3. The molecule has 0 aromatic heterocycles. The van der Waals surface area contributed by atoms with Gasteiger partial charge < -0.3 is 9.80 Å². The van der Waals surface area contributed by atoms with Crippen LogP contribution in [0.25, 0.3) is 6.08 Å². The lowest BCUT2D eigenvalue weighted by Crippen LogP contribution is -2.49. The molecule has 1 fully saturated rings. The molecule has 2 heterocycles. The number of aliphatic imine (C=N–C) groups is 1. The number of ketones is 1. The lowest BCUT2D eigenvalue weighted by Gasteiger charge is -2.36. The number of piperazine rings is 1. The lowest BCUT2D eigenvalue weighted by atomic mass is 10.1. The van der Waals surface area contributed by atoms with Crippen LogP contribution in [0.15, 0.2) is 83.5 Å². The highest BCUT2D eigenvalue weighted by Crippen LogP contribution is 2.31. The maximum absolute atomic E-state index is 13.4. The predicted octanol–water partition coefficient (Wildman–Crippen LogP) is 6.02. The maximum atomic E-state index is 13.4. The molecule has 0 spiro atoms. The number of para-hydroxylation sites is 1. The van der Waals surface area contributed by atoms with Gasteiger partial charge in [-0.1, -0.05) is 53.2 Å². The highest BCUT2D eigenvalue weighted by Gasteiger charge is 2.33. The first-order valence-corrected chi connectivity index (χ1v) is 14.5. The second-order valence-corrected chi connectivity index (χ2v) is 11.1. The number of anilines is 2. The van der Waals surface area contributed by atoms with Crippen LogP contribution in [0.4, 0.5) is 11.4 Å². The maximum Gasteiger partial charge on any atom is 0.283 e. The van der Waals surface area contributed by atoms with Crippen molar-refractivity contribution in [1.82, 2.24) is 4.90 Å². The summed E-state index contributed by atoms with van der Waals surface area (Å²) in [6, 6.07) is 21.8. The Hall–Kier alpha value is -3.59. The number of carbonyl (C=O) groups excluding carboxylic acids is 3. The summed E-state index contributed by atoms with van der Waals surface area (Å²) in [5.74, 6) is -0.139. The average Bonchev–Trinajstić information content (AvgIpc) is 3.28. The average molecular weight is 594 g/mol. The number of amidine groups is 1. The summed E-state index contributed by atoms with van der Waals surface area (Å²) >= 11 is 13.7. The summed E-state index contributed by atoms with van der Waals surface area (Å²) in [4.78, 5) is 48.3. The van der Waals surface area contributed by atoms with Gasteiger partial charge in [0.05, 0.1) is 11.4 Å². The molecule has 0 radical (unpaired) electrons. The number of amides is 2. The third-order valence-electron chi connectivity index (χ3n) is 6.69. The van der Waals surface area contributed by atoms with Gasteiger partial charge in [-0.3, -0.25) is 19.3 Å². The van der Waals surface area contributed by atoms with E-state index in [-0.39, 0.29) is 29.0 Å². The highest BCUT2D eigenvalue weighted by molar-refractivity contribution is 8.14. The second kappa shape index (κ2) is 12.3. The SMILES string of the molecule is CC(=O)c1ccc(N2CCN(C(=O)CSC3=N/C(=C\c4cc(Cl)ccc4Cl)C(=O)N3c3ccccc3)CC2)cc1. The van der Waals surface area contributed by atoms with Gasteiger partial charge in [0.2, 0.25) is 5.91 Å². The van der Waals surface area contributed by atoms with Crippen LogP contribution in [-0.2, 0) is 9.59 Å². The van der Waals surface area contributed by atoms with E-state index in [1.54, 1.807) is 31.2 Å². The van der Waals surface area contributed by atoms with E-state index in [4.69, 9.17) is 23.2 Å². The lowest BCUT2D eigenvalue weighted by molar-refractivity contribution is -0.128. The molecule has 2 aliphatic heterocycles. The fraction of sp³-hybridized carbons (Fsp3) is 0.200. The number of carbonyl (C=O) groups is 3. The van der Waals surface area contributed by atoms with Crippen LogP contribution in [0.5, 0.6) is 0 Å². The minimum absolute atomic E-state index is 0.0185. The van der Waals surface area contributed by atoms with Crippen molar-refractivity contribution in [2.45, 2.75) is 6.92 Å². The first kappa shape index (κ1) is 28.0. The van der Waals surface area contributed by atoms with Gasteiger partial charge in [-0.05, 0) is 73.2 Å². The van der Waals surface area contributed by atoms with Crippen LogP contribution in [0.2, 0.25) is 10.0 Å². The summed E-state index contributed by atoms with van der Waals surface area (Å²) in [6.07, 6.45) is 1.62. The van der Waals surface area contributed by atoms with Crippen molar-refractivity contribution in [2.24, 2.45) is 4.99 Å². The predicted molar refractivity (Wildman–Crippen MR) is 163 cm³/mol. The molecular formula is C30H26Cl2N4O3S. The molecule has 0 unspecified atom stereocenters. The number of nitrogens with zero attached hydrogens (tertiary/aromatic N) is 4. The molecule has 204 valence electrons. The van der Waals surface area contributed by atoms with Crippen molar-refractivity contribution in [3.05, 3.63) is 99.7 Å². The zero-order chi connectivity index (χ0) is 28.2. The normalized spacial score (nSPS) is 16.5. The van der Waals surface area contributed by atoms with E-state index in [0.29, 0.717) is 58.2 Å².